The van der Waals surface area contributed by atoms with E-state index in [1.807, 2.05) is 20.8 Å². The molecule has 2 heterocycles. The van der Waals surface area contributed by atoms with E-state index in [1.54, 1.807) is 25.2 Å². The Hall–Kier alpha value is -3.89. The summed E-state index contributed by atoms with van der Waals surface area (Å²) in [5.74, 6) is 1.07. The average molecular weight is 455 g/mol. The fourth-order valence-corrected chi connectivity index (χ4v) is 3.15. The van der Waals surface area contributed by atoms with Gasteiger partial charge in [0, 0.05) is 25.7 Å². The number of hydrogen-bond acceptors (Lipinski definition) is 10. The smallest absolute Gasteiger partial charge is 0.407 e. The van der Waals surface area contributed by atoms with Crippen molar-refractivity contribution in [1.29, 1.82) is 5.41 Å². The summed E-state index contributed by atoms with van der Waals surface area (Å²) in [5, 5.41) is 17.8. The normalized spacial score (nSPS) is 11.3. The maximum atomic E-state index is 11.7. The highest BCUT2D eigenvalue weighted by atomic mass is 16.6. The summed E-state index contributed by atoms with van der Waals surface area (Å²) in [5.41, 5.74) is 7.65. The summed E-state index contributed by atoms with van der Waals surface area (Å²) in [4.78, 5) is 24.4. The Morgan fingerprint density at radius 1 is 1.18 bits per heavy atom. The molecule has 0 unspecified atom stereocenters. The van der Waals surface area contributed by atoms with Gasteiger partial charge < -0.3 is 30.8 Å². The zero-order chi connectivity index (χ0) is 24.0. The van der Waals surface area contributed by atoms with Crippen LogP contribution in [0.3, 0.4) is 0 Å². The van der Waals surface area contributed by atoms with Gasteiger partial charge in [0.1, 0.15) is 29.1 Å². The van der Waals surface area contributed by atoms with Crippen molar-refractivity contribution in [3.63, 3.8) is 0 Å². The van der Waals surface area contributed by atoms with E-state index in [9.17, 15) is 4.79 Å². The predicted octanol–water partition coefficient (Wildman–Crippen LogP) is 3.37. The van der Waals surface area contributed by atoms with Crippen molar-refractivity contribution in [2.75, 3.05) is 36.5 Å². The number of nitrogen functional groups attached to an aromatic ring is 1. The lowest BCUT2D eigenvalue weighted by Gasteiger charge is -2.19. The first kappa shape index (κ1) is 23.8. The van der Waals surface area contributed by atoms with Crippen molar-refractivity contribution in [1.82, 2.24) is 20.3 Å². The minimum atomic E-state index is -0.518. The van der Waals surface area contributed by atoms with Crippen LogP contribution in [0.15, 0.2) is 28.9 Å². The van der Waals surface area contributed by atoms with Crippen molar-refractivity contribution >= 4 is 40.6 Å². The largest absolute Gasteiger partial charge is 0.444 e. The number of benzene rings is 1. The number of oxazole rings is 1. The molecule has 3 aromatic rings. The number of nitrogens with one attached hydrogen (secondary N) is 4. The molecule has 0 saturated carbocycles. The molecule has 0 aliphatic carbocycles. The van der Waals surface area contributed by atoms with Gasteiger partial charge in [0.15, 0.2) is 5.58 Å². The van der Waals surface area contributed by atoms with Gasteiger partial charge in [-0.15, -0.1) is 0 Å². The zero-order valence-electron chi connectivity index (χ0n) is 19.3. The molecule has 0 aliphatic rings. The lowest BCUT2D eigenvalue weighted by molar-refractivity contribution is 0.0527. The van der Waals surface area contributed by atoms with Crippen molar-refractivity contribution in [2.45, 2.75) is 39.2 Å². The second-order valence-electron chi connectivity index (χ2n) is 8.37. The molecule has 176 valence electrons. The van der Waals surface area contributed by atoms with Crippen LogP contribution >= 0.6 is 0 Å². The summed E-state index contributed by atoms with van der Waals surface area (Å²) in [6.07, 6.45) is 2.56. The molecule has 0 fully saturated rings. The SMILES string of the molecule is CNc1ncnc(NCCCCNC(=O)OC(C)(C)C)c1C(=N)c1ccc2oc(N)nc2c1. The minimum Gasteiger partial charge on any atom is -0.444 e. The lowest BCUT2D eigenvalue weighted by Crippen LogP contribution is -2.33. The van der Waals surface area contributed by atoms with Crippen molar-refractivity contribution in [2.24, 2.45) is 0 Å². The highest BCUT2D eigenvalue weighted by Crippen LogP contribution is 2.26. The number of alkyl carbamates (subject to hydrolysis) is 1. The highest BCUT2D eigenvalue weighted by molar-refractivity contribution is 6.17. The fourth-order valence-electron chi connectivity index (χ4n) is 3.15. The molecule has 0 radical (unpaired) electrons. The molecule has 11 nitrogen and oxygen atoms in total. The molecule has 0 spiro atoms. The molecule has 6 N–H and O–H groups in total. The second-order valence-corrected chi connectivity index (χ2v) is 8.37. The number of ether oxygens (including phenoxy) is 1. The molecule has 0 aliphatic heterocycles. The van der Waals surface area contributed by atoms with Crippen LogP contribution in [-0.4, -0.2) is 52.5 Å². The summed E-state index contributed by atoms with van der Waals surface area (Å²) < 4.78 is 10.5. The van der Waals surface area contributed by atoms with Crippen LogP contribution in [0, 0.1) is 5.41 Å². The van der Waals surface area contributed by atoms with Gasteiger partial charge in [-0.05, 0) is 51.8 Å². The molecule has 11 heteroatoms. The number of amides is 1. The average Bonchev–Trinajstić information content (AvgIpc) is 3.13. The number of anilines is 3. The van der Waals surface area contributed by atoms with Crippen LogP contribution in [0.4, 0.5) is 22.4 Å². The minimum absolute atomic E-state index is 0.0798. The Balaban J connectivity index is 1.64. The Morgan fingerprint density at radius 3 is 2.64 bits per heavy atom. The summed E-state index contributed by atoms with van der Waals surface area (Å²) in [6, 6.07) is 5.33. The van der Waals surface area contributed by atoms with Crippen LogP contribution in [0.2, 0.25) is 0 Å². The van der Waals surface area contributed by atoms with E-state index < -0.39 is 11.7 Å². The van der Waals surface area contributed by atoms with Crippen LogP contribution in [0.1, 0.15) is 44.7 Å². The van der Waals surface area contributed by atoms with Crippen molar-refractivity contribution in [3.05, 3.63) is 35.7 Å². The molecule has 0 atom stereocenters. The number of unbranched alkanes of at least 4 members (excludes halogenated alkanes) is 1. The third-order valence-corrected chi connectivity index (χ3v) is 4.59. The first-order valence-electron chi connectivity index (χ1n) is 10.7. The van der Waals surface area contributed by atoms with Gasteiger partial charge in [0.2, 0.25) is 0 Å². The van der Waals surface area contributed by atoms with E-state index >= 15 is 0 Å². The Bertz CT molecular complexity index is 1140. The fraction of sp³-hybridized carbons (Fsp3) is 0.409. The number of hydrogen-bond donors (Lipinski definition) is 5. The molecule has 2 aromatic heterocycles. The van der Waals surface area contributed by atoms with Gasteiger partial charge in [-0.25, -0.2) is 14.8 Å². The van der Waals surface area contributed by atoms with Gasteiger partial charge in [0.25, 0.3) is 6.01 Å². The van der Waals surface area contributed by atoms with Crippen LogP contribution in [0.25, 0.3) is 11.1 Å². The third-order valence-electron chi connectivity index (χ3n) is 4.59. The summed E-state index contributed by atoms with van der Waals surface area (Å²) in [7, 11) is 1.74. The van der Waals surface area contributed by atoms with Gasteiger partial charge in [-0.2, -0.15) is 4.98 Å². The third kappa shape index (κ3) is 6.31. The van der Waals surface area contributed by atoms with E-state index in [4.69, 9.17) is 20.3 Å². The number of fused-ring (bicyclic) bond motifs is 1. The van der Waals surface area contributed by atoms with Crippen molar-refractivity contribution in [3.8, 4) is 0 Å². The molecular weight excluding hydrogens is 424 g/mol. The van der Waals surface area contributed by atoms with E-state index in [0.29, 0.717) is 47.0 Å². The Morgan fingerprint density at radius 2 is 1.91 bits per heavy atom. The molecule has 0 saturated heterocycles. The highest BCUT2D eigenvalue weighted by Gasteiger charge is 2.18. The predicted molar refractivity (Wildman–Crippen MR) is 128 cm³/mol. The van der Waals surface area contributed by atoms with Gasteiger partial charge in [-0.3, -0.25) is 5.41 Å². The molecule has 0 bridgehead atoms. The van der Waals surface area contributed by atoms with E-state index in [-0.39, 0.29) is 11.7 Å². The molecule has 1 amide bonds. The van der Waals surface area contributed by atoms with Gasteiger partial charge in [0.05, 0.1) is 11.3 Å². The van der Waals surface area contributed by atoms with Crippen LogP contribution in [-0.2, 0) is 4.74 Å². The zero-order valence-corrected chi connectivity index (χ0v) is 19.3. The van der Waals surface area contributed by atoms with E-state index in [0.717, 1.165) is 12.8 Å². The molecular formula is C22H30N8O3. The summed E-state index contributed by atoms with van der Waals surface area (Å²) in [6.45, 7) is 6.59. The van der Waals surface area contributed by atoms with Crippen molar-refractivity contribution < 1.29 is 13.9 Å². The molecule has 1 aromatic carbocycles. The first-order chi connectivity index (χ1) is 15.7. The lowest BCUT2D eigenvalue weighted by atomic mass is 10.0. The monoisotopic (exact) mass is 454 g/mol. The Kier molecular flexibility index (Phi) is 7.31. The molecule has 3 rings (SSSR count). The van der Waals surface area contributed by atoms with Gasteiger partial charge >= 0.3 is 6.09 Å². The number of nitrogens with two attached hydrogens (primary N) is 1. The number of rotatable bonds is 9. The van der Waals surface area contributed by atoms with Crippen LogP contribution in [0.5, 0.6) is 0 Å². The number of carbonyl (C=O) groups is 1. The maximum absolute atomic E-state index is 11.7. The first-order valence-corrected chi connectivity index (χ1v) is 10.7. The number of aromatic nitrogens is 3. The number of carbonyl (C=O) groups excluding carboxylic acids is 1. The summed E-state index contributed by atoms with van der Waals surface area (Å²) >= 11 is 0. The second kappa shape index (κ2) is 10.2. The Labute approximate surface area is 192 Å². The standard InChI is InChI=1S/C22H30N8O3/c1-22(2,3)33-21(31)27-10-6-5-9-26-19-16(18(25-4)28-12-29-19)17(23)13-7-8-15-14(11-13)30-20(24)32-15/h7-8,11-12,23H,5-6,9-10H2,1-4H3,(H2,24,30)(H,27,31)(H2,25,26,28,29). The van der Waals surface area contributed by atoms with Gasteiger partial charge in [-0.1, -0.05) is 0 Å². The van der Waals surface area contributed by atoms with E-state index in [2.05, 4.69) is 30.9 Å². The maximum Gasteiger partial charge on any atom is 0.407 e. The number of nitrogens with zero attached hydrogens (tertiary/aromatic N) is 3. The molecule has 33 heavy (non-hydrogen) atoms. The topological polar surface area (TPSA) is 164 Å². The quantitative estimate of drug-likeness (QED) is 0.241. The van der Waals surface area contributed by atoms with E-state index in [1.165, 1.54) is 6.33 Å². The van der Waals surface area contributed by atoms with Crippen LogP contribution < -0.4 is 21.7 Å².